The van der Waals surface area contributed by atoms with Crippen LogP contribution >= 0.6 is 0 Å². The summed E-state index contributed by atoms with van der Waals surface area (Å²) in [7, 11) is 2.05. The van der Waals surface area contributed by atoms with Crippen LogP contribution in [-0.4, -0.2) is 19.6 Å². The number of phenolic OH excluding ortho intramolecular Hbond substituents is 1. The molecule has 0 aliphatic heterocycles. The predicted octanol–water partition coefficient (Wildman–Crippen LogP) is 12.5. The van der Waals surface area contributed by atoms with Crippen molar-refractivity contribution in [1.82, 2.24) is 14.5 Å². The molecule has 0 radical (unpaired) electrons. The highest BCUT2D eigenvalue weighted by atomic mass is 16.3. The molecule has 2 heterocycles. The van der Waals surface area contributed by atoms with E-state index in [0.717, 1.165) is 55.9 Å². The molecule has 0 aliphatic carbocycles. The van der Waals surface area contributed by atoms with E-state index in [2.05, 4.69) is 167 Å². The van der Waals surface area contributed by atoms with Crippen LogP contribution in [0.4, 0.5) is 0 Å². The molecule has 0 amide bonds. The third-order valence-corrected chi connectivity index (χ3v) is 10.1. The lowest BCUT2D eigenvalue weighted by molar-refractivity contribution is 0.446. The van der Waals surface area contributed by atoms with E-state index in [4.69, 9.17) is 9.97 Å². The standard InChI is InChI=1S/C47H55N3O/c1-44(2,3)33-24-30(25-34(26-33)45(4,5)6)29-21-31(23-32(22-29)39-18-14-15-20-48-39)36-17-16-19-40-41(36)49-43(50(40)13)37-27-35(46(7,8)9)28-38(42(37)51)47(10,11)12/h14-28,51H,1-13H3. The molecular formula is C47H55N3O. The Morgan fingerprint density at radius 3 is 1.67 bits per heavy atom. The maximum Gasteiger partial charge on any atom is 0.144 e. The van der Waals surface area contributed by atoms with Crippen molar-refractivity contribution in [3.05, 3.63) is 113 Å². The van der Waals surface area contributed by atoms with Crippen molar-refractivity contribution in [3.63, 3.8) is 0 Å². The number of pyridine rings is 1. The lowest BCUT2D eigenvalue weighted by Gasteiger charge is -2.27. The van der Waals surface area contributed by atoms with Crippen molar-refractivity contribution < 1.29 is 5.11 Å². The molecule has 0 unspecified atom stereocenters. The topological polar surface area (TPSA) is 50.9 Å². The molecule has 6 rings (SSSR count). The van der Waals surface area contributed by atoms with Gasteiger partial charge >= 0.3 is 0 Å². The van der Waals surface area contributed by atoms with Crippen molar-refractivity contribution in [2.24, 2.45) is 7.05 Å². The zero-order valence-electron chi connectivity index (χ0n) is 32.9. The van der Waals surface area contributed by atoms with Crippen molar-refractivity contribution >= 4 is 11.0 Å². The normalized spacial score (nSPS) is 12.9. The minimum Gasteiger partial charge on any atom is -0.507 e. The molecule has 0 saturated heterocycles. The molecule has 0 aliphatic rings. The molecule has 51 heavy (non-hydrogen) atoms. The van der Waals surface area contributed by atoms with Gasteiger partial charge in [0.15, 0.2) is 0 Å². The van der Waals surface area contributed by atoms with E-state index in [1.165, 1.54) is 22.3 Å². The molecule has 4 heteroatoms. The van der Waals surface area contributed by atoms with Gasteiger partial charge in [0, 0.05) is 29.9 Å². The van der Waals surface area contributed by atoms with Crippen LogP contribution in [0.25, 0.3) is 55.9 Å². The van der Waals surface area contributed by atoms with Crippen LogP contribution in [0.15, 0.2) is 91.1 Å². The fourth-order valence-electron chi connectivity index (χ4n) is 6.79. The number of fused-ring (bicyclic) bond motifs is 1. The Labute approximate surface area is 305 Å². The molecular weight excluding hydrogens is 623 g/mol. The number of para-hydroxylation sites is 1. The van der Waals surface area contributed by atoms with E-state index in [9.17, 15) is 5.11 Å². The molecule has 0 bridgehead atoms. The maximum absolute atomic E-state index is 11.8. The zero-order chi connectivity index (χ0) is 37.3. The van der Waals surface area contributed by atoms with Gasteiger partial charge in [0.05, 0.1) is 22.3 Å². The smallest absolute Gasteiger partial charge is 0.144 e. The lowest BCUT2D eigenvalue weighted by Crippen LogP contribution is -2.17. The van der Waals surface area contributed by atoms with Crippen molar-refractivity contribution in [2.75, 3.05) is 0 Å². The van der Waals surface area contributed by atoms with Gasteiger partial charge in [-0.25, -0.2) is 4.98 Å². The number of aryl methyl sites for hydroxylation is 1. The SMILES string of the molecule is Cn1c(-c2cc(C(C)(C)C)cc(C(C)(C)C)c2O)nc2c(-c3cc(-c4cc(C(C)(C)C)cc(C(C)(C)C)c4)cc(-c4ccccn4)c3)cccc21. The minimum atomic E-state index is -0.241. The molecule has 4 aromatic carbocycles. The highest BCUT2D eigenvalue weighted by Crippen LogP contribution is 2.44. The van der Waals surface area contributed by atoms with Crippen LogP contribution < -0.4 is 0 Å². The Morgan fingerprint density at radius 2 is 1.10 bits per heavy atom. The summed E-state index contributed by atoms with van der Waals surface area (Å²) in [6.45, 7) is 26.8. The van der Waals surface area contributed by atoms with Crippen LogP contribution in [-0.2, 0) is 28.7 Å². The van der Waals surface area contributed by atoms with Gasteiger partial charge in [-0.1, -0.05) is 126 Å². The van der Waals surface area contributed by atoms with Gasteiger partial charge in [0.25, 0.3) is 0 Å². The first-order valence-corrected chi connectivity index (χ1v) is 18.2. The number of aromatic hydroxyl groups is 1. The van der Waals surface area contributed by atoms with Gasteiger partial charge in [-0.3, -0.25) is 4.98 Å². The molecule has 0 fully saturated rings. The molecule has 0 atom stereocenters. The number of aromatic nitrogens is 3. The second-order valence-corrected chi connectivity index (χ2v) is 18.4. The van der Waals surface area contributed by atoms with Gasteiger partial charge in [0.1, 0.15) is 11.6 Å². The van der Waals surface area contributed by atoms with Crippen LogP contribution in [0.2, 0.25) is 0 Å². The fourth-order valence-corrected chi connectivity index (χ4v) is 6.79. The van der Waals surface area contributed by atoms with Crippen LogP contribution in [0, 0.1) is 0 Å². The van der Waals surface area contributed by atoms with E-state index in [1.54, 1.807) is 0 Å². The Balaban J connectivity index is 1.63. The molecule has 1 N–H and O–H groups in total. The molecule has 2 aromatic heterocycles. The molecule has 0 spiro atoms. The number of rotatable bonds is 4. The summed E-state index contributed by atoms with van der Waals surface area (Å²) in [6.07, 6.45) is 1.86. The van der Waals surface area contributed by atoms with Crippen LogP contribution in [0.3, 0.4) is 0 Å². The summed E-state index contributed by atoms with van der Waals surface area (Å²) < 4.78 is 2.12. The van der Waals surface area contributed by atoms with Crippen LogP contribution in [0.1, 0.15) is 105 Å². The van der Waals surface area contributed by atoms with Gasteiger partial charge in [0.2, 0.25) is 0 Å². The van der Waals surface area contributed by atoms with E-state index < -0.39 is 0 Å². The summed E-state index contributed by atoms with van der Waals surface area (Å²) in [5.41, 5.74) is 13.5. The Kier molecular flexibility index (Phi) is 8.86. The number of hydrogen-bond acceptors (Lipinski definition) is 3. The Hall–Kier alpha value is -4.70. The summed E-state index contributed by atoms with van der Waals surface area (Å²) in [6, 6.07) is 30.7. The van der Waals surface area contributed by atoms with Gasteiger partial charge in [-0.15, -0.1) is 0 Å². The first-order valence-electron chi connectivity index (χ1n) is 18.2. The van der Waals surface area contributed by atoms with E-state index in [0.29, 0.717) is 5.75 Å². The highest BCUT2D eigenvalue weighted by molar-refractivity contribution is 5.96. The van der Waals surface area contributed by atoms with Gasteiger partial charge < -0.3 is 9.67 Å². The largest absolute Gasteiger partial charge is 0.507 e. The second kappa shape index (κ2) is 12.5. The molecule has 6 aromatic rings. The third-order valence-electron chi connectivity index (χ3n) is 10.1. The first-order chi connectivity index (χ1) is 23.6. The zero-order valence-corrected chi connectivity index (χ0v) is 32.9. The van der Waals surface area contributed by atoms with Crippen molar-refractivity contribution in [3.8, 4) is 50.6 Å². The average Bonchev–Trinajstić information content (AvgIpc) is 3.39. The predicted molar refractivity (Wildman–Crippen MR) is 217 cm³/mol. The van der Waals surface area contributed by atoms with E-state index >= 15 is 0 Å². The fraction of sp³-hybridized carbons (Fsp3) is 0.362. The average molecular weight is 678 g/mol. The van der Waals surface area contributed by atoms with Crippen LogP contribution in [0.5, 0.6) is 5.75 Å². The number of imidazole rings is 1. The summed E-state index contributed by atoms with van der Waals surface area (Å²) in [5.74, 6) is 1.05. The number of phenols is 1. The summed E-state index contributed by atoms with van der Waals surface area (Å²) >= 11 is 0. The first kappa shape index (κ1) is 36.1. The van der Waals surface area contributed by atoms with Crippen molar-refractivity contribution in [2.45, 2.75) is 105 Å². The summed E-state index contributed by atoms with van der Waals surface area (Å²) in [4.78, 5) is 10.1. The van der Waals surface area contributed by atoms with E-state index in [1.807, 2.05) is 18.3 Å². The monoisotopic (exact) mass is 677 g/mol. The lowest BCUT2D eigenvalue weighted by atomic mass is 9.78. The number of benzene rings is 4. The minimum absolute atomic E-state index is 0.00387. The van der Waals surface area contributed by atoms with Gasteiger partial charge in [-0.05, 0) is 97.5 Å². The highest BCUT2D eigenvalue weighted by Gasteiger charge is 2.28. The molecule has 4 nitrogen and oxygen atoms in total. The quantitative estimate of drug-likeness (QED) is 0.202. The van der Waals surface area contributed by atoms with Crippen molar-refractivity contribution in [1.29, 1.82) is 0 Å². The van der Waals surface area contributed by atoms with E-state index in [-0.39, 0.29) is 21.7 Å². The molecule has 0 saturated carbocycles. The Morgan fingerprint density at radius 1 is 0.529 bits per heavy atom. The van der Waals surface area contributed by atoms with Gasteiger partial charge in [-0.2, -0.15) is 0 Å². The molecule has 264 valence electrons. The maximum atomic E-state index is 11.8. The Bertz CT molecular complexity index is 2210. The summed E-state index contributed by atoms with van der Waals surface area (Å²) in [5, 5.41) is 11.8. The number of hydrogen-bond donors (Lipinski definition) is 1. The second-order valence-electron chi connectivity index (χ2n) is 18.4. The third kappa shape index (κ3) is 7.11. The number of nitrogens with zero attached hydrogens (tertiary/aromatic N) is 3.